The molecule has 0 spiro atoms. The van der Waals surface area contributed by atoms with Crippen LogP contribution in [-0.4, -0.2) is 6.10 Å². The molecule has 2 heteroatoms. The van der Waals surface area contributed by atoms with Crippen LogP contribution < -0.4 is 10.5 Å². The molecule has 1 atom stereocenters. The highest BCUT2D eigenvalue weighted by Crippen LogP contribution is 2.24. The van der Waals surface area contributed by atoms with E-state index in [0.717, 1.165) is 17.9 Å². The van der Waals surface area contributed by atoms with E-state index in [1.807, 2.05) is 25.1 Å². The predicted molar refractivity (Wildman–Crippen MR) is 69.8 cm³/mol. The first-order valence-corrected chi connectivity index (χ1v) is 6.16. The van der Waals surface area contributed by atoms with Gasteiger partial charge in [0.25, 0.3) is 0 Å². The Morgan fingerprint density at radius 2 is 2.06 bits per heavy atom. The normalized spacial score (nSPS) is 12.4. The first kappa shape index (κ1) is 12.9. The van der Waals surface area contributed by atoms with Crippen LogP contribution >= 0.6 is 0 Å². The van der Waals surface area contributed by atoms with Gasteiger partial charge in [0.1, 0.15) is 5.75 Å². The van der Waals surface area contributed by atoms with Crippen molar-refractivity contribution < 1.29 is 4.74 Å². The minimum absolute atomic E-state index is 0.247. The first-order chi connectivity index (χ1) is 7.63. The van der Waals surface area contributed by atoms with Crippen LogP contribution in [0.2, 0.25) is 0 Å². The molecule has 1 aromatic rings. The van der Waals surface area contributed by atoms with Crippen molar-refractivity contribution in [3.8, 4) is 5.75 Å². The lowest BCUT2D eigenvalue weighted by atomic mass is 10.1. The summed E-state index contributed by atoms with van der Waals surface area (Å²) in [5, 5.41) is 0. The van der Waals surface area contributed by atoms with Gasteiger partial charge in [0, 0.05) is 0 Å². The maximum Gasteiger partial charge on any atom is 0.142 e. The monoisotopic (exact) mass is 221 g/mol. The second kappa shape index (κ2) is 6.41. The molecule has 0 amide bonds. The van der Waals surface area contributed by atoms with Crippen LogP contribution in [0.1, 0.15) is 45.1 Å². The average molecular weight is 221 g/mol. The van der Waals surface area contributed by atoms with Crippen molar-refractivity contribution in [1.82, 2.24) is 0 Å². The third kappa shape index (κ3) is 4.13. The third-order valence-electron chi connectivity index (χ3n) is 2.71. The fourth-order valence-electron chi connectivity index (χ4n) is 1.73. The van der Waals surface area contributed by atoms with Crippen molar-refractivity contribution in [2.24, 2.45) is 0 Å². The molecule has 1 aromatic carbocycles. The Hall–Kier alpha value is -1.18. The molecule has 0 heterocycles. The summed E-state index contributed by atoms with van der Waals surface area (Å²) < 4.78 is 5.82. The molecule has 0 saturated heterocycles. The van der Waals surface area contributed by atoms with Crippen LogP contribution in [0, 0.1) is 6.92 Å². The molecule has 1 unspecified atom stereocenters. The molecule has 0 bridgehead atoms. The number of hydrogen-bond donors (Lipinski definition) is 1. The number of unbranched alkanes of at least 4 members (excludes halogenated alkanes) is 2. The van der Waals surface area contributed by atoms with Gasteiger partial charge in [-0.3, -0.25) is 0 Å². The van der Waals surface area contributed by atoms with E-state index >= 15 is 0 Å². The van der Waals surface area contributed by atoms with Gasteiger partial charge in [-0.05, 0) is 44.4 Å². The van der Waals surface area contributed by atoms with Gasteiger partial charge in [-0.1, -0.05) is 25.8 Å². The minimum atomic E-state index is 0.247. The van der Waals surface area contributed by atoms with Crippen LogP contribution in [0.15, 0.2) is 18.2 Å². The van der Waals surface area contributed by atoms with E-state index in [9.17, 15) is 0 Å². The molecule has 0 radical (unpaired) electrons. The largest absolute Gasteiger partial charge is 0.489 e. The highest BCUT2D eigenvalue weighted by molar-refractivity contribution is 5.54. The summed E-state index contributed by atoms with van der Waals surface area (Å²) in [6, 6.07) is 5.94. The highest BCUT2D eigenvalue weighted by Gasteiger charge is 2.06. The zero-order valence-electron chi connectivity index (χ0n) is 10.6. The Morgan fingerprint density at radius 1 is 1.31 bits per heavy atom. The number of ether oxygens (including phenoxy) is 1. The average Bonchev–Trinajstić information content (AvgIpc) is 2.23. The molecular formula is C14H23NO. The van der Waals surface area contributed by atoms with Crippen LogP contribution in [-0.2, 0) is 0 Å². The second-order valence-electron chi connectivity index (χ2n) is 4.47. The minimum Gasteiger partial charge on any atom is -0.489 e. The molecule has 0 aromatic heterocycles. The van der Waals surface area contributed by atoms with E-state index in [1.165, 1.54) is 24.8 Å². The Bertz CT molecular complexity index is 323. The summed E-state index contributed by atoms with van der Waals surface area (Å²) in [6.07, 6.45) is 5.10. The third-order valence-corrected chi connectivity index (χ3v) is 2.71. The van der Waals surface area contributed by atoms with Crippen LogP contribution in [0.3, 0.4) is 0 Å². The number of hydrogen-bond acceptors (Lipinski definition) is 2. The molecule has 16 heavy (non-hydrogen) atoms. The Labute approximate surface area is 98.8 Å². The molecule has 0 saturated carbocycles. The van der Waals surface area contributed by atoms with Gasteiger partial charge in [-0.2, -0.15) is 0 Å². The molecule has 0 aliphatic carbocycles. The van der Waals surface area contributed by atoms with E-state index < -0.39 is 0 Å². The quantitative estimate of drug-likeness (QED) is 0.583. The molecule has 0 aliphatic heterocycles. The zero-order valence-corrected chi connectivity index (χ0v) is 10.6. The van der Waals surface area contributed by atoms with E-state index in [2.05, 4.69) is 13.8 Å². The summed E-state index contributed by atoms with van der Waals surface area (Å²) in [7, 11) is 0. The standard InChI is InChI=1S/C14H23NO/c1-4-5-6-7-12(3)16-14-9-8-11(2)10-13(14)15/h8-10,12H,4-7,15H2,1-3H3. The lowest BCUT2D eigenvalue weighted by molar-refractivity contribution is 0.208. The van der Waals surface area contributed by atoms with Crippen molar-refractivity contribution in [2.45, 2.75) is 52.6 Å². The van der Waals surface area contributed by atoms with Gasteiger partial charge in [0.15, 0.2) is 0 Å². The SMILES string of the molecule is CCCCCC(C)Oc1ccc(C)cc1N. The molecule has 1 rings (SSSR count). The molecule has 90 valence electrons. The maximum absolute atomic E-state index is 5.90. The fraction of sp³-hybridized carbons (Fsp3) is 0.571. The molecule has 2 nitrogen and oxygen atoms in total. The van der Waals surface area contributed by atoms with Crippen molar-refractivity contribution in [3.05, 3.63) is 23.8 Å². The van der Waals surface area contributed by atoms with E-state index in [-0.39, 0.29) is 6.10 Å². The molecule has 2 N–H and O–H groups in total. The summed E-state index contributed by atoms with van der Waals surface area (Å²) in [5.41, 5.74) is 7.81. The number of anilines is 1. The summed E-state index contributed by atoms with van der Waals surface area (Å²) in [4.78, 5) is 0. The zero-order chi connectivity index (χ0) is 12.0. The Balaban J connectivity index is 2.46. The van der Waals surface area contributed by atoms with E-state index in [0.29, 0.717) is 0 Å². The van der Waals surface area contributed by atoms with Crippen molar-refractivity contribution >= 4 is 5.69 Å². The van der Waals surface area contributed by atoms with E-state index in [1.54, 1.807) is 0 Å². The van der Waals surface area contributed by atoms with Gasteiger partial charge in [-0.15, -0.1) is 0 Å². The Morgan fingerprint density at radius 3 is 2.69 bits per heavy atom. The van der Waals surface area contributed by atoms with Crippen LogP contribution in [0.5, 0.6) is 5.75 Å². The number of rotatable bonds is 6. The summed E-state index contributed by atoms with van der Waals surface area (Å²) in [6.45, 7) is 6.35. The Kier molecular flexibility index (Phi) is 5.17. The number of aryl methyl sites for hydroxylation is 1. The lowest BCUT2D eigenvalue weighted by Crippen LogP contribution is -2.12. The van der Waals surface area contributed by atoms with Crippen LogP contribution in [0.25, 0.3) is 0 Å². The van der Waals surface area contributed by atoms with Crippen molar-refractivity contribution in [3.63, 3.8) is 0 Å². The van der Waals surface area contributed by atoms with Gasteiger partial charge in [0.2, 0.25) is 0 Å². The summed E-state index contributed by atoms with van der Waals surface area (Å²) >= 11 is 0. The second-order valence-corrected chi connectivity index (χ2v) is 4.47. The van der Waals surface area contributed by atoms with Crippen molar-refractivity contribution in [1.29, 1.82) is 0 Å². The van der Waals surface area contributed by atoms with Gasteiger partial charge >= 0.3 is 0 Å². The number of nitrogens with two attached hydrogens (primary N) is 1. The molecule has 0 aliphatic rings. The number of nitrogen functional groups attached to an aromatic ring is 1. The molecule has 0 fully saturated rings. The maximum atomic E-state index is 5.90. The van der Waals surface area contributed by atoms with E-state index in [4.69, 9.17) is 10.5 Å². The topological polar surface area (TPSA) is 35.2 Å². The fourth-order valence-corrected chi connectivity index (χ4v) is 1.73. The smallest absolute Gasteiger partial charge is 0.142 e. The number of benzene rings is 1. The highest BCUT2D eigenvalue weighted by atomic mass is 16.5. The summed E-state index contributed by atoms with van der Waals surface area (Å²) in [5.74, 6) is 0.814. The lowest BCUT2D eigenvalue weighted by Gasteiger charge is -2.16. The van der Waals surface area contributed by atoms with Gasteiger partial charge in [0.05, 0.1) is 11.8 Å². The predicted octanol–water partition coefficient (Wildman–Crippen LogP) is 3.92. The molecular weight excluding hydrogens is 198 g/mol. The first-order valence-electron chi connectivity index (χ1n) is 6.16. The van der Waals surface area contributed by atoms with Crippen LogP contribution in [0.4, 0.5) is 5.69 Å². The van der Waals surface area contributed by atoms with Gasteiger partial charge < -0.3 is 10.5 Å². The van der Waals surface area contributed by atoms with Gasteiger partial charge in [-0.25, -0.2) is 0 Å². The van der Waals surface area contributed by atoms with Crippen molar-refractivity contribution in [2.75, 3.05) is 5.73 Å².